The van der Waals surface area contributed by atoms with Gasteiger partial charge in [-0.05, 0) is 68.4 Å². The van der Waals surface area contributed by atoms with Crippen LogP contribution in [-0.4, -0.2) is 82.5 Å². The van der Waals surface area contributed by atoms with Gasteiger partial charge in [-0.1, -0.05) is 29.8 Å². The van der Waals surface area contributed by atoms with Crippen LogP contribution in [0.4, 0.5) is 14.9 Å². The van der Waals surface area contributed by atoms with Crippen LogP contribution in [0.5, 0.6) is 0 Å². The number of rotatable bonds is 9. The second-order valence-corrected chi connectivity index (χ2v) is 13.6. The van der Waals surface area contributed by atoms with Crippen LogP contribution >= 0.6 is 11.6 Å². The quantitative estimate of drug-likeness (QED) is 0.425. The monoisotopic (exact) mass is 638 g/mol. The molecule has 2 fully saturated rings. The molecule has 3 N–H and O–H groups in total. The Bertz CT molecular complexity index is 1390. The fraction of sp³-hybridized carbons (Fsp3) is 0.533. The van der Waals surface area contributed by atoms with E-state index in [1.165, 1.54) is 22.5 Å². The van der Waals surface area contributed by atoms with Crippen molar-refractivity contribution in [1.29, 1.82) is 0 Å². The average molecular weight is 639 g/mol. The summed E-state index contributed by atoms with van der Waals surface area (Å²) < 4.78 is 52.6. The first-order valence-corrected chi connectivity index (χ1v) is 16.6. The molecule has 0 unspecified atom stereocenters. The molecule has 2 aliphatic rings. The van der Waals surface area contributed by atoms with Crippen molar-refractivity contribution in [3.63, 3.8) is 0 Å². The van der Waals surface area contributed by atoms with Gasteiger partial charge in [-0.2, -0.15) is 4.31 Å². The lowest BCUT2D eigenvalue weighted by Crippen LogP contribution is -2.58. The molecule has 43 heavy (non-hydrogen) atoms. The van der Waals surface area contributed by atoms with E-state index in [0.29, 0.717) is 44.2 Å². The van der Waals surface area contributed by atoms with Gasteiger partial charge in [0.2, 0.25) is 10.0 Å². The highest BCUT2D eigenvalue weighted by atomic mass is 35.5. The van der Waals surface area contributed by atoms with Gasteiger partial charge in [-0.25, -0.2) is 22.5 Å². The highest BCUT2D eigenvalue weighted by molar-refractivity contribution is 7.88. The van der Waals surface area contributed by atoms with E-state index in [4.69, 9.17) is 26.8 Å². The van der Waals surface area contributed by atoms with Crippen molar-refractivity contribution >= 4 is 39.3 Å². The molecule has 2 aromatic rings. The van der Waals surface area contributed by atoms with Gasteiger partial charge in [-0.15, -0.1) is 0 Å². The molecule has 2 aromatic carbocycles. The van der Waals surface area contributed by atoms with Crippen LogP contribution in [0.3, 0.4) is 0 Å². The molecule has 0 radical (unpaired) electrons. The molecule has 13 heteroatoms. The van der Waals surface area contributed by atoms with Crippen LogP contribution in [0.1, 0.15) is 43.2 Å². The van der Waals surface area contributed by atoms with Crippen molar-refractivity contribution in [3.05, 3.63) is 64.4 Å². The Morgan fingerprint density at radius 2 is 1.86 bits per heavy atom. The third kappa shape index (κ3) is 7.73. The van der Waals surface area contributed by atoms with E-state index < -0.39 is 45.8 Å². The molecule has 0 spiro atoms. The SMILES string of the molecule is COC(=O)N(C(=O)[C@@H](N)[C@@H](c1ccc(Cl)cc1)C1CCOCC1)c1cccc(F)c1CC[C@H]1CNC[C@H](C)N1S(C)(=O)=O. The fourth-order valence-corrected chi connectivity index (χ4v) is 7.95. The van der Waals surface area contributed by atoms with Gasteiger partial charge >= 0.3 is 6.09 Å². The number of piperazine rings is 1. The largest absolute Gasteiger partial charge is 0.452 e. The van der Waals surface area contributed by atoms with Crippen molar-refractivity contribution in [2.75, 3.05) is 44.6 Å². The molecule has 0 saturated carbocycles. The molecule has 0 aromatic heterocycles. The zero-order valence-electron chi connectivity index (χ0n) is 24.7. The summed E-state index contributed by atoms with van der Waals surface area (Å²) in [4.78, 5) is 28.2. The van der Waals surface area contributed by atoms with Crippen LogP contribution in [0.15, 0.2) is 42.5 Å². The molecule has 4 rings (SSSR count). The minimum atomic E-state index is -3.53. The maximum Gasteiger partial charge on any atom is 0.420 e. The van der Waals surface area contributed by atoms with Crippen molar-refractivity contribution in [2.24, 2.45) is 11.7 Å². The number of carbonyl (C=O) groups excluding carboxylic acids is 2. The fourth-order valence-electron chi connectivity index (χ4n) is 6.37. The number of imide groups is 1. The zero-order valence-corrected chi connectivity index (χ0v) is 26.2. The molecule has 2 saturated heterocycles. The minimum absolute atomic E-state index is 0.0110. The minimum Gasteiger partial charge on any atom is -0.452 e. The molecule has 236 valence electrons. The van der Waals surface area contributed by atoms with Gasteiger partial charge in [0.1, 0.15) is 5.82 Å². The number of halogens is 2. The summed E-state index contributed by atoms with van der Waals surface area (Å²) in [6.07, 6.45) is 1.81. The van der Waals surface area contributed by atoms with Gasteiger partial charge in [0, 0.05) is 54.9 Å². The summed E-state index contributed by atoms with van der Waals surface area (Å²) in [7, 11) is -2.39. The Kier molecular flexibility index (Phi) is 11.2. The highest BCUT2D eigenvalue weighted by Crippen LogP contribution is 2.37. The second kappa shape index (κ2) is 14.4. The Hall–Kier alpha value is -2.61. The summed E-state index contributed by atoms with van der Waals surface area (Å²) in [5.74, 6) is -1.86. The van der Waals surface area contributed by atoms with Crippen LogP contribution in [-0.2, 0) is 30.7 Å². The first kappa shape index (κ1) is 33.3. The van der Waals surface area contributed by atoms with E-state index in [9.17, 15) is 18.0 Å². The number of carbonyl (C=O) groups is 2. The van der Waals surface area contributed by atoms with Crippen LogP contribution in [0, 0.1) is 11.7 Å². The Morgan fingerprint density at radius 1 is 1.19 bits per heavy atom. The van der Waals surface area contributed by atoms with Gasteiger partial charge in [0.25, 0.3) is 5.91 Å². The lowest BCUT2D eigenvalue weighted by atomic mass is 9.76. The molecule has 2 amide bonds. The number of nitrogens with two attached hydrogens (primary N) is 1. The lowest BCUT2D eigenvalue weighted by Gasteiger charge is -2.39. The van der Waals surface area contributed by atoms with E-state index in [1.807, 2.05) is 19.1 Å². The normalized spacial score (nSPS) is 21.6. The third-order valence-corrected chi connectivity index (χ3v) is 10.0. The van der Waals surface area contributed by atoms with E-state index >= 15 is 4.39 Å². The topological polar surface area (TPSA) is 131 Å². The van der Waals surface area contributed by atoms with Crippen molar-refractivity contribution in [2.45, 2.75) is 56.7 Å². The van der Waals surface area contributed by atoms with Gasteiger partial charge in [-0.3, -0.25) is 4.79 Å². The number of sulfonamides is 1. The number of methoxy groups -OCH3 is 1. The molecule has 0 aliphatic carbocycles. The number of nitrogens with zero attached hydrogens (tertiary/aromatic N) is 2. The lowest BCUT2D eigenvalue weighted by molar-refractivity contribution is -0.120. The number of anilines is 1. The predicted molar refractivity (Wildman–Crippen MR) is 163 cm³/mol. The highest BCUT2D eigenvalue weighted by Gasteiger charge is 2.40. The van der Waals surface area contributed by atoms with E-state index in [2.05, 4.69) is 5.32 Å². The molecule has 2 aliphatic heterocycles. The molecule has 4 atom stereocenters. The summed E-state index contributed by atoms with van der Waals surface area (Å²) in [6.45, 7) is 3.73. The molecule has 10 nitrogen and oxygen atoms in total. The maximum atomic E-state index is 15.5. The summed E-state index contributed by atoms with van der Waals surface area (Å²) in [6, 6.07) is 9.31. The van der Waals surface area contributed by atoms with Crippen molar-refractivity contribution in [3.8, 4) is 0 Å². The Morgan fingerprint density at radius 3 is 2.49 bits per heavy atom. The van der Waals surface area contributed by atoms with Crippen LogP contribution in [0.25, 0.3) is 0 Å². The van der Waals surface area contributed by atoms with Crippen LogP contribution < -0.4 is 16.0 Å². The molecule has 0 bridgehead atoms. The molecular weight excluding hydrogens is 599 g/mol. The third-order valence-electron chi connectivity index (χ3n) is 8.34. The van der Waals surface area contributed by atoms with Crippen molar-refractivity contribution < 1.29 is 31.9 Å². The summed E-state index contributed by atoms with van der Waals surface area (Å²) in [5, 5.41) is 3.76. The zero-order chi connectivity index (χ0) is 31.3. The van der Waals surface area contributed by atoms with E-state index in [0.717, 1.165) is 23.8 Å². The van der Waals surface area contributed by atoms with Gasteiger partial charge < -0.3 is 20.5 Å². The number of hydrogen-bond donors (Lipinski definition) is 2. The standard InChI is InChI=1S/C30H40ClFN4O6S/c1-19-17-34-18-23(36(19)43(3,39)40)11-12-24-25(32)5-4-6-26(24)35(30(38)41-2)29(37)28(33)27(21-13-15-42-16-14-21)20-7-9-22(31)10-8-20/h4-10,19,21,23,27-28,34H,11-18,33H2,1-3H3/t19-,23-,27-,28-/m0/s1. The predicted octanol–water partition coefficient (Wildman–Crippen LogP) is 3.67. The summed E-state index contributed by atoms with van der Waals surface area (Å²) in [5.41, 5.74) is 7.60. The Labute approximate surface area is 257 Å². The number of ether oxygens (including phenoxy) is 2. The van der Waals surface area contributed by atoms with E-state index in [-0.39, 0.29) is 36.1 Å². The number of benzene rings is 2. The molecule has 2 heterocycles. The van der Waals surface area contributed by atoms with Gasteiger partial charge in [0.05, 0.1) is 25.1 Å². The first-order valence-electron chi connectivity index (χ1n) is 14.4. The second-order valence-electron chi connectivity index (χ2n) is 11.2. The van der Waals surface area contributed by atoms with E-state index in [1.54, 1.807) is 12.1 Å². The first-order chi connectivity index (χ1) is 20.4. The maximum absolute atomic E-state index is 15.5. The molecular formula is C30H40ClFN4O6S. The Balaban J connectivity index is 1.69. The average Bonchev–Trinajstić information content (AvgIpc) is 2.97. The number of nitrogens with one attached hydrogen (secondary N) is 1. The van der Waals surface area contributed by atoms with Gasteiger partial charge in [0.15, 0.2) is 0 Å². The number of hydrogen-bond acceptors (Lipinski definition) is 8. The summed E-state index contributed by atoms with van der Waals surface area (Å²) >= 11 is 6.13. The van der Waals surface area contributed by atoms with Crippen LogP contribution in [0.2, 0.25) is 5.02 Å². The van der Waals surface area contributed by atoms with Crippen molar-refractivity contribution in [1.82, 2.24) is 9.62 Å². The number of amides is 2. The smallest absolute Gasteiger partial charge is 0.420 e.